The summed E-state index contributed by atoms with van der Waals surface area (Å²) >= 11 is 0. The summed E-state index contributed by atoms with van der Waals surface area (Å²) in [6.45, 7) is 3.64. The molecule has 0 unspecified atom stereocenters. The third-order valence-corrected chi connectivity index (χ3v) is 5.43. The van der Waals surface area contributed by atoms with Crippen LogP contribution in [0.2, 0.25) is 0 Å². The normalized spacial score (nSPS) is 15.4. The molecule has 1 N–H and O–H groups in total. The van der Waals surface area contributed by atoms with Crippen LogP contribution >= 0.6 is 0 Å². The fourth-order valence-corrected chi connectivity index (χ4v) is 3.58. The highest BCUT2D eigenvalue weighted by molar-refractivity contribution is 5.90. The molecule has 29 heavy (non-hydrogen) atoms. The number of methoxy groups -OCH3 is 1. The van der Waals surface area contributed by atoms with E-state index in [2.05, 4.69) is 17.4 Å². The van der Waals surface area contributed by atoms with Crippen LogP contribution in [0, 0.1) is 6.92 Å². The summed E-state index contributed by atoms with van der Waals surface area (Å²) in [5, 5.41) is 3.02. The van der Waals surface area contributed by atoms with Crippen molar-refractivity contribution in [2.45, 2.75) is 25.2 Å². The lowest BCUT2D eigenvalue weighted by Crippen LogP contribution is -2.45. The first kappa shape index (κ1) is 20.9. The van der Waals surface area contributed by atoms with Gasteiger partial charge < -0.3 is 19.5 Å². The maximum absolute atomic E-state index is 12.5. The highest BCUT2D eigenvalue weighted by atomic mass is 16.5. The van der Waals surface area contributed by atoms with Crippen molar-refractivity contribution in [3.8, 4) is 5.75 Å². The Kier molecular flexibility index (Phi) is 6.88. The Morgan fingerprint density at radius 1 is 1.10 bits per heavy atom. The molecule has 0 radical (unpaired) electrons. The Balaban J connectivity index is 1.61. The smallest absolute Gasteiger partial charge is 0.337 e. The number of hydrogen-bond acceptors (Lipinski definition) is 5. The molecule has 1 heterocycles. The van der Waals surface area contributed by atoms with Crippen LogP contribution in [0.3, 0.4) is 0 Å². The van der Waals surface area contributed by atoms with E-state index in [4.69, 9.17) is 14.2 Å². The van der Waals surface area contributed by atoms with Gasteiger partial charge in [0.2, 0.25) is 0 Å². The summed E-state index contributed by atoms with van der Waals surface area (Å²) < 4.78 is 15.9. The van der Waals surface area contributed by atoms with Gasteiger partial charge in [0.05, 0.1) is 12.7 Å². The molecule has 6 nitrogen and oxygen atoms in total. The number of carbonyl (C=O) groups is 2. The zero-order valence-corrected chi connectivity index (χ0v) is 16.9. The predicted octanol–water partition coefficient (Wildman–Crippen LogP) is 3.03. The first-order valence-electron chi connectivity index (χ1n) is 9.76. The maximum Gasteiger partial charge on any atom is 0.337 e. The molecule has 3 rings (SSSR count). The summed E-state index contributed by atoms with van der Waals surface area (Å²) in [7, 11) is 1.33. The Bertz CT molecular complexity index is 844. The molecule has 0 aromatic heterocycles. The highest BCUT2D eigenvalue weighted by Crippen LogP contribution is 2.34. The number of amides is 1. The van der Waals surface area contributed by atoms with Gasteiger partial charge in [-0.2, -0.15) is 0 Å². The van der Waals surface area contributed by atoms with Crippen molar-refractivity contribution in [1.82, 2.24) is 5.32 Å². The number of ether oxygens (including phenoxy) is 3. The van der Waals surface area contributed by atoms with Gasteiger partial charge in [0.1, 0.15) is 5.75 Å². The van der Waals surface area contributed by atoms with Crippen LogP contribution in [-0.4, -0.2) is 45.4 Å². The van der Waals surface area contributed by atoms with E-state index in [1.807, 2.05) is 25.1 Å². The summed E-state index contributed by atoms with van der Waals surface area (Å²) in [6, 6.07) is 15.3. The quantitative estimate of drug-likeness (QED) is 0.727. The van der Waals surface area contributed by atoms with Crippen LogP contribution in [0.4, 0.5) is 0 Å². The van der Waals surface area contributed by atoms with Gasteiger partial charge in [-0.15, -0.1) is 0 Å². The van der Waals surface area contributed by atoms with E-state index in [9.17, 15) is 9.59 Å². The first-order valence-corrected chi connectivity index (χ1v) is 9.76. The molecule has 0 atom stereocenters. The zero-order valence-electron chi connectivity index (χ0n) is 16.9. The van der Waals surface area contributed by atoms with E-state index in [-0.39, 0.29) is 17.9 Å². The van der Waals surface area contributed by atoms with Gasteiger partial charge in [-0.25, -0.2) is 4.79 Å². The van der Waals surface area contributed by atoms with E-state index in [1.165, 1.54) is 12.7 Å². The lowest BCUT2D eigenvalue weighted by atomic mass is 9.74. The molecular weight excluding hydrogens is 370 g/mol. The maximum atomic E-state index is 12.5. The van der Waals surface area contributed by atoms with Crippen LogP contribution in [0.1, 0.15) is 34.3 Å². The molecule has 0 saturated carbocycles. The molecule has 0 aliphatic carbocycles. The van der Waals surface area contributed by atoms with Crippen LogP contribution in [-0.2, 0) is 19.7 Å². The van der Waals surface area contributed by atoms with Crippen LogP contribution in [0.25, 0.3) is 0 Å². The second-order valence-corrected chi connectivity index (χ2v) is 7.30. The van der Waals surface area contributed by atoms with Crippen molar-refractivity contribution < 1.29 is 23.8 Å². The Labute approximate surface area is 171 Å². The number of benzene rings is 2. The lowest BCUT2D eigenvalue weighted by Gasteiger charge is -2.38. The van der Waals surface area contributed by atoms with Crippen molar-refractivity contribution in [2.24, 2.45) is 0 Å². The molecule has 0 spiro atoms. The molecule has 154 valence electrons. The third kappa shape index (κ3) is 5.15. The van der Waals surface area contributed by atoms with Crippen LogP contribution in [0.5, 0.6) is 5.75 Å². The molecule has 2 aromatic rings. The topological polar surface area (TPSA) is 73.9 Å². The Morgan fingerprint density at radius 3 is 2.52 bits per heavy atom. The number of esters is 1. The Morgan fingerprint density at radius 2 is 1.83 bits per heavy atom. The Hall–Kier alpha value is -2.86. The molecule has 1 fully saturated rings. The molecule has 6 heteroatoms. The van der Waals surface area contributed by atoms with Gasteiger partial charge in [-0.05, 0) is 43.0 Å². The van der Waals surface area contributed by atoms with Gasteiger partial charge in [0.25, 0.3) is 5.91 Å². The molecule has 1 aliphatic heterocycles. The fourth-order valence-electron chi connectivity index (χ4n) is 3.58. The molecule has 0 bridgehead atoms. The minimum Gasteiger partial charge on any atom is -0.483 e. The van der Waals surface area contributed by atoms with Gasteiger partial charge in [0.15, 0.2) is 6.61 Å². The summed E-state index contributed by atoms with van der Waals surface area (Å²) in [6.07, 6.45) is 1.72. The van der Waals surface area contributed by atoms with Crippen molar-refractivity contribution in [3.05, 3.63) is 65.2 Å². The molecular formula is C23H27NO5. The summed E-state index contributed by atoms with van der Waals surface area (Å²) in [4.78, 5) is 24.2. The zero-order chi connectivity index (χ0) is 20.7. The lowest BCUT2D eigenvalue weighted by molar-refractivity contribution is -0.123. The third-order valence-electron chi connectivity index (χ3n) is 5.43. The van der Waals surface area contributed by atoms with Gasteiger partial charge in [-0.1, -0.05) is 36.4 Å². The largest absolute Gasteiger partial charge is 0.483 e. The number of carbonyl (C=O) groups excluding carboxylic acids is 2. The summed E-state index contributed by atoms with van der Waals surface area (Å²) in [5.41, 5.74) is 2.32. The highest BCUT2D eigenvalue weighted by Gasteiger charge is 2.34. The van der Waals surface area contributed by atoms with Crippen LogP contribution in [0.15, 0.2) is 48.5 Å². The molecule has 1 aliphatic rings. The van der Waals surface area contributed by atoms with Crippen LogP contribution < -0.4 is 10.1 Å². The van der Waals surface area contributed by atoms with E-state index >= 15 is 0 Å². The monoisotopic (exact) mass is 397 g/mol. The van der Waals surface area contributed by atoms with E-state index < -0.39 is 5.97 Å². The number of nitrogens with one attached hydrogen (secondary N) is 1. The van der Waals surface area contributed by atoms with Gasteiger partial charge in [0, 0.05) is 25.2 Å². The minimum absolute atomic E-state index is 0.118. The first-order chi connectivity index (χ1) is 14.0. The SMILES string of the molecule is COC(=O)c1ccc(C)c(OCC(=O)NCC2(c3ccccc3)CCOCC2)c1. The van der Waals surface area contributed by atoms with Crippen molar-refractivity contribution in [2.75, 3.05) is 33.5 Å². The standard InChI is InChI=1S/C23H27NO5/c1-17-8-9-18(22(26)27-2)14-20(17)29-15-21(25)24-16-23(10-12-28-13-11-23)19-6-4-3-5-7-19/h3-9,14H,10-13,15-16H2,1-2H3,(H,24,25). The number of hydrogen-bond donors (Lipinski definition) is 1. The number of rotatable bonds is 7. The van der Waals surface area contributed by atoms with Crippen molar-refractivity contribution in [3.63, 3.8) is 0 Å². The second-order valence-electron chi connectivity index (χ2n) is 7.30. The predicted molar refractivity (Wildman–Crippen MR) is 109 cm³/mol. The van der Waals surface area contributed by atoms with E-state index in [1.54, 1.807) is 18.2 Å². The van der Waals surface area contributed by atoms with Crippen molar-refractivity contribution >= 4 is 11.9 Å². The number of aryl methyl sites for hydroxylation is 1. The molecule has 1 saturated heterocycles. The minimum atomic E-state index is -0.441. The molecule has 2 aromatic carbocycles. The average molecular weight is 397 g/mol. The average Bonchev–Trinajstić information content (AvgIpc) is 2.78. The summed E-state index contributed by atoms with van der Waals surface area (Å²) in [5.74, 6) is -0.148. The van der Waals surface area contributed by atoms with Gasteiger partial charge >= 0.3 is 5.97 Å². The second kappa shape index (κ2) is 9.56. The van der Waals surface area contributed by atoms with E-state index in [0.29, 0.717) is 31.1 Å². The van der Waals surface area contributed by atoms with E-state index in [0.717, 1.165) is 18.4 Å². The van der Waals surface area contributed by atoms with Crippen molar-refractivity contribution in [1.29, 1.82) is 0 Å². The molecule has 1 amide bonds. The fraction of sp³-hybridized carbons (Fsp3) is 0.391. The van der Waals surface area contributed by atoms with Gasteiger partial charge in [-0.3, -0.25) is 4.79 Å².